The van der Waals surface area contributed by atoms with Crippen LogP contribution in [0.5, 0.6) is 0 Å². The Kier molecular flexibility index (Phi) is 5.54. The molecule has 0 aliphatic heterocycles. The standard InChI is InChI=1S/C22H33ClO3/c1-20(2,3)25-26-21(4,5)7-6-18(24)11-19(23)22-12-15-8-16(13-22)10-17(9-15)14-22/h11,15-18,24H,8-10,12-14H2,1-5H3/b19-11-/t15?,16?,17?,18-,22?/m1/s1. The number of halogens is 1. The third kappa shape index (κ3) is 4.84. The minimum atomic E-state index is -0.881. The van der Waals surface area contributed by atoms with E-state index in [1.165, 1.54) is 38.5 Å². The Morgan fingerprint density at radius 3 is 2.00 bits per heavy atom. The minimum absolute atomic E-state index is 0.0975. The van der Waals surface area contributed by atoms with E-state index in [0.29, 0.717) is 0 Å². The Hall–Kier alpha value is -0.530. The van der Waals surface area contributed by atoms with Gasteiger partial charge >= 0.3 is 0 Å². The number of hydrogen-bond donors (Lipinski definition) is 1. The molecule has 4 fully saturated rings. The number of aliphatic hydroxyl groups excluding tert-OH is 1. The number of aliphatic hydroxyl groups is 1. The highest BCUT2D eigenvalue weighted by molar-refractivity contribution is 6.30. The lowest BCUT2D eigenvalue weighted by Gasteiger charge is -2.56. The summed E-state index contributed by atoms with van der Waals surface area (Å²) in [5.74, 6) is 8.30. The largest absolute Gasteiger partial charge is 0.377 e. The van der Waals surface area contributed by atoms with Crippen molar-refractivity contribution in [2.24, 2.45) is 23.2 Å². The van der Waals surface area contributed by atoms with Crippen molar-refractivity contribution >= 4 is 11.6 Å². The van der Waals surface area contributed by atoms with Crippen LogP contribution < -0.4 is 0 Å². The molecule has 0 aromatic rings. The molecular weight excluding hydrogens is 348 g/mol. The van der Waals surface area contributed by atoms with Gasteiger partial charge in [0.2, 0.25) is 0 Å². The third-order valence-corrected chi connectivity index (χ3v) is 6.40. The molecule has 4 bridgehead atoms. The predicted molar refractivity (Wildman–Crippen MR) is 104 cm³/mol. The summed E-state index contributed by atoms with van der Waals surface area (Å²) in [6.07, 6.45) is 8.56. The highest BCUT2D eigenvalue weighted by Crippen LogP contribution is 2.63. The normalized spacial score (nSPS) is 35.2. The Morgan fingerprint density at radius 1 is 1.04 bits per heavy atom. The molecule has 0 aromatic carbocycles. The molecule has 0 radical (unpaired) electrons. The molecule has 0 unspecified atom stereocenters. The van der Waals surface area contributed by atoms with Crippen LogP contribution in [-0.2, 0) is 9.78 Å². The number of hydrogen-bond acceptors (Lipinski definition) is 3. The lowest BCUT2D eigenvalue weighted by molar-refractivity contribution is -0.384. The van der Waals surface area contributed by atoms with Crippen LogP contribution >= 0.6 is 11.6 Å². The Morgan fingerprint density at radius 2 is 1.54 bits per heavy atom. The topological polar surface area (TPSA) is 38.7 Å². The molecule has 26 heavy (non-hydrogen) atoms. The zero-order valence-corrected chi connectivity index (χ0v) is 17.5. The molecule has 4 aliphatic carbocycles. The van der Waals surface area contributed by atoms with Crippen molar-refractivity contribution in [1.82, 2.24) is 0 Å². The summed E-state index contributed by atoms with van der Waals surface area (Å²) in [6.45, 7) is 9.39. The summed E-state index contributed by atoms with van der Waals surface area (Å²) in [6, 6.07) is 0. The van der Waals surface area contributed by atoms with Crippen LogP contribution in [0.2, 0.25) is 0 Å². The average Bonchev–Trinajstić information content (AvgIpc) is 2.49. The zero-order chi connectivity index (χ0) is 19.2. The van der Waals surface area contributed by atoms with E-state index in [-0.39, 0.29) is 5.41 Å². The van der Waals surface area contributed by atoms with E-state index in [9.17, 15) is 5.11 Å². The minimum Gasteiger partial charge on any atom is -0.377 e. The first-order valence-corrected chi connectivity index (χ1v) is 10.3. The van der Waals surface area contributed by atoms with Crippen LogP contribution in [0.15, 0.2) is 11.1 Å². The predicted octanol–water partition coefficient (Wildman–Crippen LogP) is 5.22. The second kappa shape index (κ2) is 7.13. The van der Waals surface area contributed by atoms with Gasteiger partial charge in [0.25, 0.3) is 0 Å². The van der Waals surface area contributed by atoms with Crippen molar-refractivity contribution in [3.63, 3.8) is 0 Å². The zero-order valence-electron chi connectivity index (χ0n) is 16.8. The fourth-order valence-corrected chi connectivity index (χ4v) is 5.61. The van der Waals surface area contributed by atoms with Gasteiger partial charge in [-0.2, -0.15) is 0 Å². The smallest absolute Gasteiger partial charge is 0.158 e. The van der Waals surface area contributed by atoms with Gasteiger partial charge in [-0.05, 0) is 97.0 Å². The molecule has 4 heteroatoms. The maximum Gasteiger partial charge on any atom is 0.158 e. The molecule has 4 aliphatic rings. The fraction of sp³-hybridized carbons (Fsp3) is 0.818. The molecule has 146 valence electrons. The Bertz CT molecular complexity index is 582. The lowest BCUT2D eigenvalue weighted by atomic mass is 9.49. The van der Waals surface area contributed by atoms with E-state index in [2.05, 4.69) is 11.8 Å². The molecular formula is C22H33ClO3. The maximum absolute atomic E-state index is 10.4. The van der Waals surface area contributed by atoms with Crippen LogP contribution in [0.25, 0.3) is 0 Å². The fourth-order valence-electron chi connectivity index (χ4n) is 5.26. The van der Waals surface area contributed by atoms with E-state index < -0.39 is 17.3 Å². The molecule has 1 atom stereocenters. The van der Waals surface area contributed by atoms with Crippen LogP contribution in [0.4, 0.5) is 0 Å². The van der Waals surface area contributed by atoms with Crippen molar-refractivity contribution < 1.29 is 14.9 Å². The SMILES string of the molecule is CC(C)(C)OOC(C)(C)C#C[C@@H](O)/C=C(\Cl)C12CC3CC(CC(C3)C1)C2. The van der Waals surface area contributed by atoms with Gasteiger partial charge in [0, 0.05) is 10.4 Å². The van der Waals surface area contributed by atoms with Crippen molar-refractivity contribution in [3.05, 3.63) is 11.1 Å². The van der Waals surface area contributed by atoms with Crippen molar-refractivity contribution in [3.8, 4) is 11.8 Å². The summed E-state index contributed by atoms with van der Waals surface area (Å²) in [7, 11) is 0. The van der Waals surface area contributed by atoms with Gasteiger partial charge in [-0.3, -0.25) is 0 Å². The molecule has 1 N–H and O–H groups in total. The van der Waals surface area contributed by atoms with Gasteiger partial charge in [-0.1, -0.05) is 23.4 Å². The monoisotopic (exact) mass is 380 g/mol. The second-order valence-electron chi connectivity index (χ2n) is 10.2. The van der Waals surface area contributed by atoms with E-state index in [4.69, 9.17) is 21.4 Å². The van der Waals surface area contributed by atoms with Gasteiger partial charge in [0.1, 0.15) is 6.10 Å². The molecule has 3 nitrogen and oxygen atoms in total. The molecule has 0 saturated heterocycles. The molecule has 0 amide bonds. The van der Waals surface area contributed by atoms with Gasteiger partial charge in [-0.15, -0.1) is 0 Å². The van der Waals surface area contributed by atoms with Gasteiger partial charge < -0.3 is 5.11 Å². The lowest BCUT2D eigenvalue weighted by Crippen LogP contribution is -2.46. The van der Waals surface area contributed by atoms with Gasteiger partial charge in [0.15, 0.2) is 5.60 Å². The van der Waals surface area contributed by atoms with Crippen molar-refractivity contribution in [1.29, 1.82) is 0 Å². The second-order valence-corrected chi connectivity index (χ2v) is 10.6. The van der Waals surface area contributed by atoms with E-state index in [1.807, 2.05) is 34.6 Å². The summed E-state index contributed by atoms with van der Waals surface area (Å²) in [5, 5.41) is 11.2. The quantitative estimate of drug-likeness (QED) is 0.413. The summed E-state index contributed by atoms with van der Waals surface area (Å²) in [4.78, 5) is 10.8. The average molecular weight is 381 g/mol. The van der Waals surface area contributed by atoms with E-state index in [0.717, 1.165) is 22.8 Å². The van der Waals surface area contributed by atoms with Crippen molar-refractivity contribution in [2.45, 2.75) is 90.4 Å². The molecule has 4 saturated carbocycles. The third-order valence-electron chi connectivity index (χ3n) is 5.87. The Balaban J connectivity index is 1.65. The van der Waals surface area contributed by atoms with Gasteiger partial charge in [0.05, 0.1) is 5.60 Å². The summed E-state index contributed by atoms with van der Waals surface area (Å²) >= 11 is 6.74. The first-order chi connectivity index (χ1) is 12.0. The molecule has 0 aromatic heterocycles. The summed E-state index contributed by atoms with van der Waals surface area (Å²) in [5.41, 5.74) is -1.10. The molecule has 0 spiro atoms. The van der Waals surface area contributed by atoms with Gasteiger partial charge in [-0.25, -0.2) is 9.78 Å². The van der Waals surface area contributed by atoms with Crippen LogP contribution in [-0.4, -0.2) is 22.4 Å². The number of allylic oxidation sites excluding steroid dienone is 1. The first-order valence-electron chi connectivity index (χ1n) is 9.92. The maximum atomic E-state index is 10.4. The molecule has 4 rings (SSSR count). The molecule has 0 heterocycles. The van der Waals surface area contributed by atoms with Crippen molar-refractivity contribution in [2.75, 3.05) is 0 Å². The van der Waals surface area contributed by atoms with E-state index in [1.54, 1.807) is 6.08 Å². The highest BCUT2D eigenvalue weighted by atomic mass is 35.5. The van der Waals surface area contributed by atoms with E-state index >= 15 is 0 Å². The highest BCUT2D eigenvalue weighted by Gasteiger charge is 2.52. The van der Waals surface area contributed by atoms with Crippen LogP contribution in [0.1, 0.15) is 73.1 Å². The number of rotatable bonds is 4. The first kappa shape index (κ1) is 20.2. The van der Waals surface area contributed by atoms with Crippen LogP contribution in [0.3, 0.4) is 0 Å². The van der Waals surface area contributed by atoms with Crippen LogP contribution in [0, 0.1) is 35.0 Å². The summed E-state index contributed by atoms with van der Waals surface area (Å²) < 4.78 is 0. The Labute approximate surface area is 163 Å².